The number of aromatic nitrogens is 2. The summed E-state index contributed by atoms with van der Waals surface area (Å²) in [5.41, 5.74) is -0.557. The fraction of sp³-hybridized carbons (Fsp3) is 0.711. The molecule has 0 aromatic carbocycles. The maximum Gasteiger partial charge on any atom is 0.272 e. The molecule has 2 N–H and O–H groups in total. The van der Waals surface area contributed by atoms with Crippen LogP contribution in [0.25, 0.3) is 0 Å². The maximum absolute atomic E-state index is 14.1. The van der Waals surface area contributed by atoms with Gasteiger partial charge in [0.2, 0.25) is 17.6 Å². The molecule has 12 nitrogen and oxygen atoms in total. The van der Waals surface area contributed by atoms with E-state index in [0.29, 0.717) is 12.8 Å². The minimum Gasteiger partial charge on any atom is -0.351 e. The molecule has 2 unspecified atom stereocenters. The molecule has 12 heteroatoms. The van der Waals surface area contributed by atoms with Crippen molar-refractivity contribution in [2.24, 2.45) is 35.0 Å². The van der Waals surface area contributed by atoms with Gasteiger partial charge in [-0.15, -0.1) is 0 Å². The van der Waals surface area contributed by atoms with E-state index in [2.05, 4.69) is 20.6 Å². The Labute approximate surface area is 295 Å². The van der Waals surface area contributed by atoms with Crippen molar-refractivity contribution in [1.29, 1.82) is 0 Å². The van der Waals surface area contributed by atoms with Gasteiger partial charge in [0.25, 0.3) is 5.91 Å². The molecule has 4 rings (SSSR count). The van der Waals surface area contributed by atoms with E-state index in [9.17, 15) is 33.6 Å². The fourth-order valence-corrected chi connectivity index (χ4v) is 7.48. The highest BCUT2D eigenvalue weighted by Gasteiger charge is 2.44. The van der Waals surface area contributed by atoms with Crippen molar-refractivity contribution < 1.29 is 33.6 Å². The highest BCUT2D eigenvalue weighted by molar-refractivity contribution is 6.38. The standard InChI is InChI=1S/C38H55N5O7/c1-6-10-26(35(48)33(47)17-24-13-14-24)18-31(45)27-21-43(23(2)44)22-30(27)41-36(49)28(38(3,4)5)19-32(46)34(25-11-8-7-9-12-25)42-37(50)29-20-39-15-16-40-29/h15-16,20,24-28,30,34H,6-14,17-19,21-22H2,1-5H3,(H,41,49)(H,42,50)/t26?,27-,28?,30+,34+/m1/s1. The second-order valence-corrected chi connectivity index (χ2v) is 15.8. The van der Waals surface area contributed by atoms with Gasteiger partial charge in [0, 0.05) is 63.5 Å². The molecule has 2 saturated carbocycles. The molecule has 3 amide bonds. The molecule has 1 aliphatic heterocycles. The summed E-state index contributed by atoms with van der Waals surface area (Å²) in [6.07, 6.45) is 11.6. The molecule has 5 atom stereocenters. The van der Waals surface area contributed by atoms with E-state index in [1.165, 1.54) is 30.4 Å². The first-order chi connectivity index (χ1) is 23.7. The van der Waals surface area contributed by atoms with Crippen LogP contribution in [0.4, 0.5) is 0 Å². The number of nitrogens with zero attached hydrogens (tertiary/aromatic N) is 3. The smallest absolute Gasteiger partial charge is 0.272 e. The zero-order valence-corrected chi connectivity index (χ0v) is 30.4. The highest BCUT2D eigenvalue weighted by Crippen LogP contribution is 2.35. The molecule has 274 valence electrons. The van der Waals surface area contributed by atoms with Crippen molar-refractivity contribution in [2.75, 3.05) is 13.1 Å². The van der Waals surface area contributed by atoms with Crippen LogP contribution in [0.15, 0.2) is 18.6 Å². The molecular formula is C38H55N5O7. The third-order valence-corrected chi connectivity index (χ3v) is 10.7. The maximum atomic E-state index is 14.1. The molecule has 2 aliphatic carbocycles. The van der Waals surface area contributed by atoms with Gasteiger partial charge in [-0.2, -0.15) is 0 Å². The normalized spacial score (nSPS) is 21.5. The van der Waals surface area contributed by atoms with Crippen LogP contribution in [0.5, 0.6) is 0 Å². The third kappa shape index (κ3) is 10.6. The van der Waals surface area contributed by atoms with E-state index in [4.69, 9.17) is 0 Å². The summed E-state index contributed by atoms with van der Waals surface area (Å²) in [6.45, 7) is 9.14. The predicted molar refractivity (Wildman–Crippen MR) is 185 cm³/mol. The van der Waals surface area contributed by atoms with Crippen LogP contribution in [0.1, 0.15) is 122 Å². The van der Waals surface area contributed by atoms with Gasteiger partial charge in [-0.05, 0) is 49.4 Å². The Balaban J connectivity index is 1.50. The Hall–Kier alpha value is -3.83. The summed E-state index contributed by atoms with van der Waals surface area (Å²) < 4.78 is 0. The second-order valence-electron chi connectivity index (χ2n) is 15.8. The molecule has 3 fully saturated rings. The van der Waals surface area contributed by atoms with E-state index in [1.807, 2.05) is 27.7 Å². The molecular weight excluding hydrogens is 638 g/mol. The number of hydrogen-bond donors (Lipinski definition) is 2. The van der Waals surface area contributed by atoms with Crippen molar-refractivity contribution in [3.63, 3.8) is 0 Å². The van der Waals surface area contributed by atoms with Crippen LogP contribution in [-0.2, 0) is 28.8 Å². The number of ketones is 4. The van der Waals surface area contributed by atoms with Gasteiger partial charge in [-0.25, -0.2) is 4.98 Å². The zero-order valence-electron chi connectivity index (χ0n) is 30.4. The molecule has 50 heavy (non-hydrogen) atoms. The molecule has 0 bridgehead atoms. The van der Waals surface area contributed by atoms with E-state index >= 15 is 0 Å². The van der Waals surface area contributed by atoms with Crippen molar-refractivity contribution in [3.05, 3.63) is 24.3 Å². The van der Waals surface area contributed by atoms with Gasteiger partial charge in [-0.1, -0.05) is 53.4 Å². The lowest BCUT2D eigenvalue weighted by molar-refractivity contribution is -0.140. The van der Waals surface area contributed by atoms with Crippen LogP contribution >= 0.6 is 0 Å². The lowest BCUT2D eigenvalue weighted by atomic mass is 9.74. The van der Waals surface area contributed by atoms with Crippen LogP contribution in [0, 0.1) is 35.0 Å². The molecule has 2 heterocycles. The largest absolute Gasteiger partial charge is 0.351 e. The molecule has 0 spiro atoms. The SMILES string of the molecule is CCCC(CC(=O)[C@@H]1CN(C(C)=O)C[C@@H]1NC(=O)C(CC(=O)[C@@H](NC(=O)c1cnccn1)C1CCCCC1)C(C)(C)C)C(=O)C(=O)CC1CC1. The Kier molecular flexibility index (Phi) is 13.6. The van der Waals surface area contributed by atoms with Gasteiger partial charge >= 0.3 is 0 Å². The molecule has 1 saturated heterocycles. The van der Waals surface area contributed by atoms with Crippen LogP contribution in [-0.4, -0.2) is 80.9 Å². The Morgan fingerprint density at radius 1 is 0.940 bits per heavy atom. The molecule has 1 aromatic heterocycles. The number of hydrogen-bond acceptors (Lipinski definition) is 9. The number of amides is 3. The van der Waals surface area contributed by atoms with Crippen LogP contribution < -0.4 is 10.6 Å². The topological polar surface area (TPSA) is 173 Å². The minimum absolute atomic E-state index is 0.0727. The quantitative estimate of drug-likeness (QED) is 0.228. The summed E-state index contributed by atoms with van der Waals surface area (Å²) in [7, 11) is 0. The summed E-state index contributed by atoms with van der Waals surface area (Å²) in [4.78, 5) is 103. The van der Waals surface area contributed by atoms with E-state index < -0.39 is 58.6 Å². The predicted octanol–water partition coefficient (Wildman–Crippen LogP) is 4.05. The first-order valence-corrected chi connectivity index (χ1v) is 18.4. The minimum atomic E-state index is -0.800. The van der Waals surface area contributed by atoms with E-state index in [0.717, 1.165) is 44.9 Å². The Morgan fingerprint density at radius 3 is 2.22 bits per heavy atom. The van der Waals surface area contributed by atoms with Crippen LogP contribution in [0.2, 0.25) is 0 Å². The van der Waals surface area contributed by atoms with Crippen molar-refractivity contribution in [3.8, 4) is 0 Å². The number of nitrogens with one attached hydrogen (secondary N) is 2. The number of carbonyl (C=O) groups is 7. The summed E-state index contributed by atoms with van der Waals surface area (Å²) in [5, 5.41) is 5.93. The third-order valence-electron chi connectivity index (χ3n) is 10.7. The molecule has 1 aromatic rings. The van der Waals surface area contributed by atoms with Crippen molar-refractivity contribution in [1.82, 2.24) is 25.5 Å². The van der Waals surface area contributed by atoms with Gasteiger partial charge < -0.3 is 15.5 Å². The number of rotatable bonds is 17. The van der Waals surface area contributed by atoms with E-state index in [1.54, 1.807) is 0 Å². The molecule has 3 aliphatic rings. The van der Waals surface area contributed by atoms with Crippen molar-refractivity contribution >= 4 is 40.9 Å². The fourth-order valence-electron chi connectivity index (χ4n) is 7.48. The van der Waals surface area contributed by atoms with Gasteiger partial charge in [0.15, 0.2) is 11.6 Å². The lowest BCUT2D eigenvalue weighted by Gasteiger charge is -2.34. The summed E-state index contributed by atoms with van der Waals surface area (Å²) >= 11 is 0. The van der Waals surface area contributed by atoms with Gasteiger partial charge in [0.05, 0.1) is 24.2 Å². The van der Waals surface area contributed by atoms with Gasteiger partial charge in [-0.3, -0.25) is 38.5 Å². The number of likely N-dealkylation sites (tertiary alicyclic amines) is 1. The Bertz CT molecular complexity index is 1410. The molecule has 0 radical (unpaired) electrons. The lowest BCUT2D eigenvalue weighted by Crippen LogP contribution is -2.51. The highest BCUT2D eigenvalue weighted by atomic mass is 16.2. The van der Waals surface area contributed by atoms with Crippen molar-refractivity contribution in [2.45, 2.75) is 124 Å². The number of carbonyl (C=O) groups excluding carboxylic acids is 7. The average molecular weight is 694 g/mol. The Morgan fingerprint density at radius 2 is 1.64 bits per heavy atom. The van der Waals surface area contributed by atoms with E-state index in [-0.39, 0.29) is 67.4 Å². The van der Waals surface area contributed by atoms with Gasteiger partial charge in [0.1, 0.15) is 11.5 Å². The zero-order chi connectivity index (χ0) is 36.6. The number of Topliss-reactive ketones (excluding diaryl/α,β-unsaturated/α-hetero) is 4. The summed E-state index contributed by atoms with van der Waals surface area (Å²) in [6, 6.07) is -1.52. The second kappa shape index (κ2) is 17.4. The summed E-state index contributed by atoms with van der Waals surface area (Å²) in [5.74, 6) is -4.68. The first kappa shape index (κ1) is 39.0. The van der Waals surface area contributed by atoms with Crippen LogP contribution in [0.3, 0.4) is 0 Å². The monoisotopic (exact) mass is 693 g/mol. The average Bonchev–Trinajstić information content (AvgIpc) is 3.80. The first-order valence-electron chi connectivity index (χ1n) is 18.4.